The van der Waals surface area contributed by atoms with Gasteiger partial charge in [0, 0.05) is 18.6 Å². The van der Waals surface area contributed by atoms with Crippen LogP contribution in [0.15, 0.2) is 0 Å². The third kappa shape index (κ3) is 3.48. The van der Waals surface area contributed by atoms with Gasteiger partial charge < -0.3 is 5.32 Å². The van der Waals surface area contributed by atoms with Crippen LogP contribution in [-0.2, 0) is 0 Å². The second-order valence-electron chi connectivity index (χ2n) is 6.66. The normalized spacial score (nSPS) is 35.0. The first-order valence-corrected chi connectivity index (χ1v) is 8.19. The molecule has 2 aliphatic rings. The Morgan fingerprint density at radius 2 is 1.89 bits per heavy atom. The number of nitrogens with zero attached hydrogens (tertiary/aromatic N) is 1. The van der Waals surface area contributed by atoms with Gasteiger partial charge in [-0.05, 0) is 44.2 Å². The highest BCUT2D eigenvalue weighted by Crippen LogP contribution is 2.30. The molecule has 0 aromatic carbocycles. The molecule has 2 fully saturated rings. The van der Waals surface area contributed by atoms with Gasteiger partial charge in [-0.1, -0.05) is 40.0 Å². The van der Waals surface area contributed by atoms with Gasteiger partial charge in [0.1, 0.15) is 0 Å². The molecule has 1 saturated carbocycles. The van der Waals surface area contributed by atoms with E-state index < -0.39 is 0 Å². The van der Waals surface area contributed by atoms with E-state index in [-0.39, 0.29) is 0 Å². The largest absolute Gasteiger partial charge is 0.313 e. The summed E-state index contributed by atoms with van der Waals surface area (Å²) in [6.07, 6.45) is 8.54. The van der Waals surface area contributed by atoms with Gasteiger partial charge >= 0.3 is 0 Å². The van der Waals surface area contributed by atoms with Crippen molar-refractivity contribution >= 4 is 0 Å². The Kier molecular flexibility index (Phi) is 5.50. The van der Waals surface area contributed by atoms with Gasteiger partial charge in [0.15, 0.2) is 0 Å². The summed E-state index contributed by atoms with van der Waals surface area (Å²) >= 11 is 0. The number of hydrogen-bond acceptors (Lipinski definition) is 2. The van der Waals surface area contributed by atoms with Gasteiger partial charge in [0.25, 0.3) is 0 Å². The zero-order valence-corrected chi connectivity index (χ0v) is 12.6. The molecule has 0 aromatic heterocycles. The zero-order chi connectivity index (χ0) is 13.0. The lowest BCUT2D eigenvalue weighted by atomic mass is 9.95. The Morgan fingerprint density at radius 1 is 1.11 bits per heavy atom. The van der Waals surface area contributed by atoms with E-state index in [4.69, 9.17) is 0 Å². The molecule has 0 radical (unpaired) electrons. The fourth-order valence-corrected chi connectivity index (χ4v) is 3.89. The SMILES string of the molecule is CCNC1CCCCCC1N1CCC(C(C)C)C1. The maximum Gasteiger partial charge on any atom is 0.0249 e. The summed E-state index contributed by atoms with van der Waals surface area (Å²) in [4.78, 5) is 2.81. The van der Waals surface area contributed by atoms with Crippen LogP contribution in [0.3, 0.4) is 0 Å². The lowest BCUT2D eigenvalue weighted by Crippen LogP contribution is -2.48. The summed E-state index contributed by atoms with van der Waals surface area (Å²) in [6.45, 7) is 10.9. The highest BCUT2D eigenvalue weighted by Gasteiger charge is 2.34. The van der Waals surface area contributed by atoms with Crippen molar-refractivity contribution in [3.63, 3.8) is 0 Å². The third-order valence-corrected chi connectivity index (χ3v) is 5.11. The smallest absolute Gasteiger partial charge is 0.0249 e. The van der Waals surface area contributed by atoms with E-state index in [1.54, 1.807) is 0 Å². The number of likely N-dealkylation sites (tertiary alicyclic amines) is 1. The van der Waals surface area contributed by atoms with Crippen LogP contribution in [0.4, 0.5) is 0 Å². The first-order valence-electron chi connectivity index (χ1n) is 8.19. The second kappa shape index (κ2) is 6.91. The van der Waals surface area contributed by atoms with Crippen LogP contribution in [0, 0.1) is 11.8 Å². The third-order valence-electron chi connectivity index (χ3n) is 5.11. The number of hydrogen-bond donors (Lipinski definition) is 1. The maximum atomic E-state index is 3.75. The second-order valence-corrected chi connectivity index (χ2v) is 6.66. The molecule has 18 heavy (non-hydrogen) atoms. The van der Waals surface area contributed by atoms with Crippen molar-refractivity contribution in [1.29, 1.82) is 0 Å². The fraction of sp³-hybridized carbons (Fsp3) is 1.00. The van der Waals surface area contributed by atoms with E-state index in [2.05, 4.69) is 31.0 Å². The molecule has 1 saturated heterocycles. The summed E-state index contributed by atoms with van der Waals surface area (Å²) in [7, 11) is 0. The van der Waals surface area contributed by atoms with Gasteiger partial charge in [-0.3, -0.25) is 4.90 Å². The summed E-state index contributed by atoms with van der Waals surface area (Å²) in [5, 5.41) is 3.75. The zero-order valence-electron chi connectivity index (χ0n) is 12.6. The van der Waals surface area contributed by atoms with Gasteiger partial charge in [-0.15, -0.1) is 0 Å². The molecule has 2 nitrogen and oxygen atoms in total. The summed E-state index contributed by atoms with van der Waals surface area (Å²) in [5.41, 5.74) is 0. The van der Waals surface area contributed by atoms with Crippen LogP contribution in [0.2, 0.25) is 0 Å². The van der Waals surface area contributed by atoms with Gasteiger partial charge in [0.05, 0.1) is 0 Å². The molecule has 1 N–H and O–H groups in total. The number of rotatable bonds is 4. The molecular formula is C16H32N2. The van der Waals surface area contributed by atoms with E-state index in [1.165, 1.54) is 51.6 Å². The predicted octanol–water partition coefficient (Wildman–Crippen LogP) is 3.28. The van der Waals surface area contributed by atoms with Crippen molar-refractivity contribution in [1.82, 2.24) is 10.2 Å². The first-order chi connectivity index (χ1) is 8.72. The average Bonchev–Trinajstić information content (AvgIpc) is 2.72. The first kappa shape index (κ1) is 14.3. The van der Waals surface area contributed by atoms with Crippen molar-refractivity contribution in [2.24, 2.45) is 11.8 Å². The fourth-order valence-electron chi connectivity index (χ4n) is 3.89. The Labute approximate surface area is 114 Å². The monoisotopic (exact) mass is 252 g/mol. The van der Waals surface area contributed by atoms with E-state index in [0.29, 0.717) is 0 Å². The molecule has 2 heteroatoms. The van der Waals surface area contributed by atoms with Gasteiger partial charge in [0.2, 0.25) is 0 Å². The van der Waals surface area contributed by atoms with Crippen molar-refractivity contribution in [3.8, 4) is 0 Å². The molecule has 2 rings (SSSR count). The van der Waals surface area contributed by atoms with Crippen LogP contribution in [0.25, 0.3) is 0 Å². The Hall–Kier alpha value is -0.0800. The predicted molar refractivity (Wildman–Crippen MR) is 78.9 cm³/mol. The van der Waals surface area contributed by atoms with Crippen LogP contribution >= 0.6 is 0 Å². The maximum absolute atomic E-state index is 3.75. The summed E-state index contributed by atoms with van der Waals surface area (Å²) < 4.78 is 0. The van der Waals surface area contributed by atoms with Crippen LogP contribution in [-0.4, -0.2) is 36.6 Å². The molecule has 1 heterocycles. The molecule has 1 aliphatic heterocycles. The number of likely N-dealkylation sites (N-methyl/N-ethyl adjacent to an activating group) is 1. The number of nitrogens with one attached hydrogen (secondary N) is 1. The molecule has 1 aliphatic carbocycles. The summed E-state index contributed by atoms with van der Waals surface area (Å²) in [6, 6.07) is 1.57. The van der Waals surface area contributed by atoms with Crippen molar-refractivity contribution in [2.45, 2.75) is 71.4 Å². The van der Waals surface area contributed by atoms with E-state index in [0.717, 1.165) is 30.5 Å². The van der Waals surface area contributed by atoms with Crippen LogP contribution in [0.1, 0.15) is 59.3 Å². The lowest BCUT2D eigenvalue weighted by molar-refractivity contribution is 0.171. The van der Waals surface area contributed by atoms with Crippen molar-refractivity contribution in [3.05, 3.63) is 0 Å². The minimum Gasteiger partial charge on any atom is -0.313 e. The van der Waals surface area contributed by atoms with Crippen LogP contribution in [0.5, 0.6) is 0 Å². The highest BCUT2D eigenvalue weighted by molar-refractivity contribution is 4.91. The molecule has 106 valence electrons. The minimum absolute atomic E-state index is 0.753. The molecule has 3 atom stereocenters. The van der Waals surface area contributed by atoms with E-state index in [9.17, 15) is 0 Å². The van der Waals surface area contributed by atoms with E-state index >= 15 is 0 Å². The molecular weight excluding hydrogens is 220 g/mol. The Balaban J connectivity index is 1.95. The molecule has 0 amide bonds. The van der Waals surface area contributed by atoms with Gasteiger partial charge in [-0.25, -0.2) is 0 Å². The van der Waals surface area contributed by atoms with Crippen molar-refractivity contribution in [2.75, 3.05) is 19.6 Å². The molecule has 3 unspecified atom stereocenters. The summed E-state index contributed by atoms with van der Waals surface area (Å²) in [5.74, 6) is 1.80. The Morgan fingerprint density at radius 3 is 2.56 bits per heavy atom. The standard InChI is InChI=1S/C16H32N2/c1-4-17-15-8-6-5-7-9-16(15)18-11-10-14(12-18)13(2)3/h13-17H,4-12H2,1-3H3. The average molecular weight is 252 g/mol. The highest BCUT2D eigenvalue weighted by atomic mass is 15.2. The molecule has 0 aromatic rings. The molecule has 0 bridgehead atoms. The topological polar surface area (TPSA) is 15.3 Å². The van der Waals surface area contributed by atoms with Crippen molar-refractivity contribution < 1.29 is 0 Å². The van der Waals surface area contributed by atoms with Gasteiger partial charge in [-0.2, -0.15) is 0 Å². The van der Waals surface area contributed by atoms with Crippen LogP contribution < -0.4 is 5.32 Å². The quantitative estimate of drug-likeness (QED) is 0.773. The Bertz CT molecular complexity index is 239. The lowest BCUT2D eigenvalue weighted by Gasteiger charge is -2.34. The minimum atomic E-state index is 0.753. The molecule has 0 spiro atoms. The van der Waals surface area contributed by atoms with E-state index in [1.807, 2.05) is 0 Å².